The monoisotopic (exact) mass is 409 g/mol. The van der Waals surface area contributed by atoms with Crippen molar-refractivity contribution in [1.29, 1.82) is 0 Å². The van der Waals surface area contributed by atoms with Crippen LogP contribution in [0.15, 0.2) is 47.8 Å². The van der Waals surface area contributed by atoms with Crippen molar-refractivity contribution >= 4 is 23.2 Å². The summed E-state index contributed by atoms with van der Waals surface area (Å²) in [6, 6.07) is 13.6. The van der Waals surface area contributed by atoms with Gasteiger partial charge in [-0.3, -0.25) is 20.4 Å². The third kappa shape index (κ3) is 5.89. The van der Waals surface area contributed by atoms with Gasteiger partial charge in [-0.05, 0) is 38.5 Å². The lowest BCUT2D eigenvalue weighted by Gasteiger charge is -2.08. The van der Waals surface area contributed by atoms with Crippen molar-refractivity contribution in [3.05, 3.63) is 70.2 Å². The molecule has 2 N–H and O–H groups in total. The molecular weight excluding hydrogens is 386 g/mol. The summed E-state index contributed by atoms with van der Waals surface area (Å²) in [6.07, 6.45) is 0.0838. The van der Waals surface area contributed by atoms with Crippen molar-refractivity contribution in [2.24, 2.45) is 0 Å². The number of carbonyl (C=O) groups excluding carboxylic acids is 2. The van der Waals surface area contributed by atoms with E-state index >= 15 is 0 Å². The standard InChI is InChI=1S/C22H23N3O3S/c1-14-4-7-18(8-5-14)28-12-21(27)25-24-20(26)11-17-13-29-22(23-17)19-9-6-15(2)10-16(19)3/h4-10,13H,11-12H2,1-3H3,(H,24,26)(H,25,27). The SMILES string of the molecule is Cc1ccc(OCC(=O)NNC(=O)Cc2csc(-c3ccc(C)cc3C)n2)cc1. The van der Waals surface area contributed by atoms with Crippen LogP contribution in [-0.2, 0) is 16.0 Å². The lowest BCUT2D eigenvalue weighted by molar-refractivity contribution is -0.129. The topological polar surface area (TPSA) is 80.3 Å². The Labute approximate surface area is 173 Å². The summed E-state index contributed by atoms with van der Waals surface area (Å²) >= 11 is 1.50. The van der Waals surface area contributed by atoms with Gasteiger partial charge in [-0.2, -0.15) is 0 Å². The number of aromatic nitrogens is 1. The highest BCUT2D eigenvalue weighted by Gasteiger charge is 2.12. The molecule has 150 valence electrons. The molecule has 0 aliphatic heterocycles. The molecule has 3 aromatic rings. The first-order valence-corrected chi connectivity index (χ1v) is 10.1. The molecule has 0 radical (unpaired) electrons. The quantitative estimate of drug-likeness (QED) is 0.611. The number of hydrazine groups is 1. The van der Waals surface area contributed by atoms with Crippen LogP contribution in [-0.4, -0.2) is 23.4 Å². The number of carbonyl (C=O) groups is 2. The van der Waals surface area contributed by atoms with E-state index in [2.05, 4.69) is 28.8 Å². The van der Waals surface area contributed by atoms with Crippen LogP contribution in [0.3, 0.4) is 0 Å². The van der Waals surface area contributed by atoms with Crippen LogP contribution in [0, 0.1) is 20.8 Å². The van der Waals surface area contributed by atoms with E-state index in [9.17, 15) is 9.59 Å². The maximum atomic E-state index is 12.1. The van der Waals surface area contributed by atoms with E-state index in [4.69, 9.17) is 4.74 Å². The van der Waals surface area contributed by atoms with Gasteiger partial charge >= 0.3 is 0 Å². The lowest BCUT2D eigenvalue weighted by atomic mass is 10.1. The second-order valence-corrected chi connectivity index (χ2v) is 7.70. The Bertz CT molecular complexity index is 1010. The molecule has 6 nitrogen and oxygen atoms in total. The summed E-state index contributed by atoms with van der Waals surface area (Å²) in [7, 11) is 0. The maximum Gasteiger partial charge on any atom is 0.276 e. The molecule has 1 aromatic heterocycles. The van der Waals surface area contributed by atoms with Gasteiger partial charge in [-0.25, -0.2) is 4.98 Å². The predicted molar refractivity (Wildman–Crippen MR) is 114 cm³/mol. The summed E-state index contributed by atoms with van der Waals surface area (Å²) in [4.78, 5) is 28.5. The van der Waals surface area contributed by atoms with Gasteiger partial charge in [0.25, 0.3) is 5.91 Å². The van der Waals surface area contributed by atoms with Crippen LogP contribution in [0.1, 0.15) is 22.4 Å². The molecule has 3 rings (SSSR count). The summed E-state index contributed by atoms with van der Waals surface area (Å²) in [5.74, 6) is -0.183. The van der Waals surface area contributed by atoms with Crippen molar-refractivity contribution < 1.29 is 14.3 Å². The van der Waals surface area contributed by atoms with Crippen molar-refractivity contribution in [3.63, 3.8) is 0 Å². The molecule has 0 aliphatic rings. The first kappa shape index (κ1) is 20.5. The number of hydrogen-bond donors (Lipinski definition) is 2. The number of benzene rings is 2. The third-order valence-corrected chi connectivity index (χ3v) is 5.16. The van der Waals surface area contributed by atoms with Crippen LogP contribution >= 0.6 is 11.3 Å². The summed E-state index contributed by atoms with van der Waals surface area (Å²) in [5, 5.41) is 2.73. The molecule has 0 fully saturated rings. The zero-order valence-corrected chi connectivity index (χ0v) is 17.4. The minimum absolute atomic E-state index is 0.0838. The van der Waals surface area contributed by atoms with Crippen LogP contribution in [0.5, 0.6) is 5.75 Å². The molecule has 0 bridgehead atoms. The van der Waals surface area contributed by atoms with E-state index < -0.39 is 5.91 Å². The zero-order chi connectivity index (χ0) is 20.8. The Balaban J connectivity index is 1.46. The Morgan fingerprint density at radius 3 is 2.38 bits per heavy atom. The first-order chi connectivity index (χ1) is 13.9. The van der Waals surface area contributed by atoms with Crippen molar-refractivity contribution in [1.82, 2.24) is 15.8 Å². The minimum Gasteiger partial charge on any atom is -0.484 e. The number of hydrogen-bond acceptors (Lipinski definition) is 5. The highest BCUT2D eigenvalue weighted by atomic mass is 32.1. The van der Waals surface area contributed by atoms with Gasteiger partial charge in [-0.1, -0.05) is 41.5 Å². The highest BCUT2D eigenvalue weighted by Crippen LogP contribution is 2.27. The Morgan fingerprint density at radius 1 is 0.966 bits per heavy atom. The highest BCUT2D eigenvalue weighted by molar-refractivity contribution is 7.13. The fraction of sp³-hybridized carbons (Fsp3) is 0.227. The summed E-state index contributed by atoms with van der Waals surface area (Å²) in [6.45, 7) is 5.88. The molecule has 0 aliphatic carbocycles. The van der Waals surface area contributed by atoms with Crippen molar-refractivity contribution in [2.45, 2.75) is 27.2 Å². The van der Waals surface area contributed by atoms with Gasteiger partial charge in [0.15, 0.2) is 6.61 Å². The minimum atomic E-state index is -0.437. The summed E-state index contributed by atoms with van der Waals surface area (Å²) < 4.78 is 5.37. The molecule has 0 saturated heterocycles. The van der Waals surface area contributed by atoms with Crippen LogP contribution in [0.4, 0.5) is 0 Å². The number of amides is 2. The number of rotatable bonds is 6. The number of nitrogens with one attached hydrogen (secondary N) is 2. The number of ether oxygens (including phenoxy) is 1. The Morgan fingerprint density at radius 2 is 1.66 bits per heavy atom. The van der Waals surface area contributed by atoms with Gasteiger partial charge in [0.1, 0.15) is 10.8 Å². The molecule has 7 heteroatoms. The molecular formula is C22H23N3O3S. The molecule has 2 aromatic carbocycles. The Kier molecular flexibility index (Phi) is 6.61. The molecule has 0 unspecified atom stereocenters. The summed E-state index contributed by atoms with van der Waals surface area (Å²) in [5.41, 5.74) is 9.92. The van der Waals surface area contributed by atoms with E-state index in [0.29, 0.717) is 11.4 Å². The molecule has 0 atom stereocenters. The Hall–Kier alpha value is -3.19. The number of aryl methyl sites for hydroxylation is 3. The van der Waals surface area contributed by atoms with Gasteiger partial charge in [0.2, 0.25) is 5.91 Å². The number of nitrogens with zero attached hydrogens (tertiary/aromatic N) is 1. The molecule has 1 heterocycles. The smallest absolute Gasteiger partial charge is 0.276 e. The van der Waals surface area contributed by atoms with E-state index in [1.807, 2.05) is 43.5 Å². The van der Waals surface area contributed by atoms with Gasteiger partial charge < -0.3 is 4.74 Å². The van der Waals surface area contributed by atoms with Gasteiger partial charge in [0.05, 0.1) is 12.1 Å². The van der Waals surface area contributed by atoms with Crippen LogP contribution in [0.2, 0.25) is 0 Å². The predicted octanol–water partition coefficient (Wildman–Crippen LogP) is 3.50. The van der Waals surface area contributed by atoms with E-state index in [0.717, 1.165) is 21.7 Å². The lowest BCUT2D eigenvalue weighted by Crippen LogP contribution is -2.44. The molecule has 2 amide bonds. The van der Waals surface area contributed by atoms with Crippen molar-refractivity contribution in [3.8, 4) is 16.3 Å². The van der Waals surface area contributed by atoms with Crippen molar-refractivity contribution in [2.75, 3.05) is 6.61 Å². The second kappa shape index (κ2) is 9.34. The third-order valence-electron chi connectivity index (χ3n) is 4.24. The maximum absolute atomic E-state index is 12.1. The second-order valence-electron chi connectivity index (χ2n) is 6.84. The van der Waals surface area contributed by atoms with Gasteiger partial charge in [-0.15, -0.1) is 11.3 Å². The molecule has 0 saturated carbocycles. The molecule has 0 spiro atoms. The fourth-order valence-electron chi connectivity index (χ4n) is 2.73. The first-order valence-electron chi connectivity index (χ1n) is 9.20. The number of thiazole rings is 1. The van der Waals surface area contributed by atoms with E-state index in [-0.39, 0.29) is 18.9 Å². The van der Waals surface area contributed by atoms with E-state index in [1.54, 1.807) is 12.1 Å². The average Bonchev–Trinajstić information content (AvgIpc) is 3.14. The van der Waals surface area contributed by atoms with Gasteiger partial charge in [0, 0.05) is 10.9 Å². The normalized spacial score (nSPS) is 10.4. The average molecular weight is 410 g/mol. The largest absolute Gasteiger partial charge is 0.484 e. The zero-order valence-electron chi connectivity index (χ0n) is 16.6. The van der Waals surface area contributed by atoms with Crippen LogP contribution in [0.25, 0.3) is 10.6 Å². The van der Waals surface area contributed by atoms with Crippen LogP contribution < -0.4 is 15.6 Å². The fourth-order valence-corrected chi connectivity index (χ4v) is 3.64. The molecule has 29 heavy (non-hydrogen) atoms. The van der Waals surface area contributed by atoms with E-state index in [1.165, 1.54) is 16.9 Å².